The second kappa shape index (κ2) is 31.2. The van der Waals surface area contributed by atoms with Crippen molar-refractivity contribution < 1.29 is 19.4 Å². The molecule has 0 fully saturated rings. The van der Waals surface area contributed by atoms with Gasteiger partial charge in [0.1, 0.15) is 0 Å². The van der Waals surface area contributed by atoms with E-state index in [1.807, 2.05) is 6.92 Å². The van der Waals surface area contributed by atoms with E-state index in [9.17, 15) is 14.7 Å². The number of esters is 1. The Morgan fingerprint density at radius 1 is 0.564 bits per heavy atom. The van der Waals surface area contributed by atoms with Crippen LogP contribution in [-0.4, -0.2) is 23.7 Å². The van der Waals surface area contributed by atoms with Gasteiger partial charge in [0, 0.05) is 0 Å². The lowest BCUT2D eigenvalue weighted by atomic mass is 9.97. The van der Waals surface area contributed by atoms with Crippen LogP contribution in [-0.2, 0) is 14.3 Å². The number of unbranched alkanes of at least 4 members (excludes halogenated alkanes) is 22. The lowest BCUT2D eigenvalue weighted by Crippen LogP contribution is -2.19. The van der Waals surface area contributed by atoms with Gasteiger partial charge in [-0.3, -0.25) is 9.59 Å². The molecule has 0 aliphatic carbocycles. The van der Waals surface area contributed by atoms with E-state index in [-0.39, 0.29) is 12.4 Å². The Morgan fingerprint density at radius 2 is 0.949 bits per heavy atom. The fourth-order valence-electron chi connectivity index (χ4n) is 5.19. The third-order valence-corrected chi connectivity index (χ3v) is 7.79. The average molecular weight is 551 g/mol. The summed E-state index contributed by atoms with van der Waals surface area (Å²) in [5.41, 5.74) is 0. The highest BCUT2D eigenvalue weighted by molar-refractivity contribution is 5.78. The van der Waals surface area contributed by atoms with Crippen LogP contribution >= 0.6 is 0 Å². The number of hydrogen-bond acceptors (Lipinski definition) is 3. The largest absolute Gasteiger partial charge is 0.481 e. The highest BCUT2D eigenvalue weighted by atomic mass is 16.5. The quantitative estimate of drug-likeness (QED) is 0.0529. The summed E-state index contributed by atoms with van der Waals surface area (Å²) in [7, 11) is 0. The van der Waals surface area contributed by atoms with Gasteiger partial charge in [0.05, 0.1) is 18.9 Å². The number of ether oxygens (including phenoxy) is 1. The molecule has 0 rings (SSSR count). The van der Waals surface area contributed by atoms with Crippen LogP contribution < -0.4 is 0 Å². The van der Waals surface area contributed by atoms with Crippen LogP contribution in [0.4, 0.5) is 0 Å². The van der Waals surface area contributed by atoms with Gasteiger partial charge in [0.2, 0.25) is 0 Å². The Morgan fingerprint density at radius 3 is 1.33 bits per heavy atom. The van der Waals surface area contributed by atoms with Gasteiger partial charge < -0.3 is 9.84 Å². The van der Waals surface area contributed by atoms with Crippen LogP contribution in [0.3, 0.4) is 0 Å². The van der Waals surface area contributed by atoms with E-state index >= 15 is 0 Å². The molecule has 0 aliphatic heterocycles. The van der Waals surface area contributed by atoms with Gasteiger partial charge in [-0.25, -0.2) is 0 Å². The zero-order valence-electron chi connectivity index (χ0n) is 26.2. The SMILES string of the molecule is CCCCCCCCCCCCCCCCCCCC/C=C/CCCCCCC(CC(=O)OCCC)C(=O)O. The number of aliphatic carboxylic acids is 1. The van der Waals surface area contributed by atoms with Gasteiger partial charge in [0.25, 0.3) is 0 Å². The zero-order valence-corrected chi connectivity index (χ0v) is 26.2. The van der Waals surface area contributed by atoms with E-state index in [1.165, 1.54) is 122 Å². The number of rotatable bonds is 31. The Kier molecular flexibility index (Phi) is 30.2. The summed E-state index contributed by atoms with van der Waals surface area (Å²) in [6.45, 7) is 4.59. The Hall–Kier alpha value is -1.32. The molecule has 0 bridgehead atoms. The van der Waals surface area contributed by atoms with E-state index in [0.29, 0.717) is 13.0 Å². The average Bonchev–Trinajstić information content (AvgIpc) is 2.93. The van der Waals surface area contributed by atoms with Crippen molar-refractivity contribution in [2.45, 2.75) is 187 Å². The van der Waals surface area contributed by atoms with E-state index in [1.54, 1.807) is 0 Å². The summed E-state index contributed by atoms with van der Waals surface area (Å²) in [6.07, 6.45) is 38.1. The molecule has 4 heteroatoms. The molecule has 0 aromatic carbocycles. The minimum absolute atomic E-state index is 0.00247. The van der Waals surface area contributed by atoms with Crippen molar-refractivity contribution in [2.24, 2.45) is 5.92 Å². The highest BCUT2D eigenvalue weighted by Crippen LogP contribution is 2.17. The second-order valence-corrected chi connectivity index (χ2v) is 11.7. The van der Waals surface area contributed by atoms with Gasteiger partial charge in [-0.2, -0.15) is 0 Å². The lowest BCUT2D eigenvalue weighted by Gasteiger charge is -2.11. The number of carbonyl (C=O) groups excluding carboxylic acids is 1. The minimum Gasteiger partial charge on any atom is -0.481 e. The van der Waals surface area contributed by atoms with Crippen LogP contribution in [0.25, 0.3) is 0 Å². The van der Waals surface area contributed by atoms with Crippen molar-refractivity contribution >= 4 is 11.9 Å². The third kappa shape index (κ3) is 29.5. The van der Waals surface area contributed by atoms with Crippen molar-refractivity contribution in [3.05, 3.63) is 12.2 Å². The van der Waals surface area contributed by atoms with Crippen molar-refractivity contribution in [3.8, 4) is 0 Å². The maximum absolute atomic E-state index is 11.7. The third-order valence-electron chi connectivity index (χ3n) is 7.79. The molecule has 39 heavy (non-hydrogen) atoms. The summed E-state index contributed by atoms with van der Waals surface area (Å²) in [4.78, 5) is 23.0. The fourth-order valence-corrected chi connectivity index (χ4v) is 5.19. The molecule has 1 atom stereocenters. The topological polar surface area (TPSA) is 63.6 Å². The molecule has 1 unspecified atom stereocenters. The summed E-state index contributed by atoms with van der Waals surface area (Å²) in [5.74, 6) is -1.88. The van der Waals surface area contributed by atoms with E-state index in [4.69, 9.17) is 4.74 Å². The highest BCUT2D eigenvalue weighted by Gasteiger charge is 2.21. The van der Waals surface area contributed by atoms with Crippen LogP contribution in [0.5, 0.6) is 0 Å². The van der Waals surface area contributed by atoms with Crippen molar-refractivity contribution in [3.63, 3.8) is 0 Å². The first-order valence-electron chi connectivity index (χ1n) is 17.1. The molecular formula is C35H66O4. The molecule has 0 radical (unpaired) electrons. The molecule has 4 nitrogen and oxygen atoms in total. The summed E-state index contributed by atoms with van der Waals surface area (Å²) < 4.78 is 5.02. The molecule has 1 N–H and O–H groups in total. The molecule has 0 aromatic heterocycles. The Balaban J connectivity index is 3.34. The van der Waals surface area contributed by atoms with Gasteiger partial charge in [-0.1, -0.05) is 154 Å². The van der Waals surface area contributed by atoms with Crippen LogP contribution in [0.1, 0.15) is 187 Å². The molecule has 0 spiro atoms. The molecule has 230 valence electrons. The first kappa shape index (κ1) is 37.7. The molecule has 0 aromatic rings. The smallest absolute Gasteiger partial charge is 0.307 e. The molecule has 0 aliphatic rings. The van der Waals surface area contributed by atoms with E-state index < -0.39 is 11.9 Å². The van der Waals surface area contributed by atoms with Crippen LogP contribution in [0, 0.1) is 5.92 Å². The van der Waals surface area contributed by atoms with Crippen molar-refractivity contribution in [2.75, 3.05) is 6.61 Å². The maximum Gasteiger partial charge on any atom is 0.307 e. The van der Waals surface area contributed by atoms with E-state index in [0.717, 1.165) is 38.5 Å². The molecule has 0 saturated carbocycles. The predicted octanol–water partition coefficient (Wildman–Crippen LogP) is 11.4. The zero-order chi connectivity index (χ0) is 28.7. The lowest BCUT2D eigenvalue weighted by molar-refractivity contribution is -0.151. The van der Waals surface area contributed by atoms with Gasteiger partial charge in [-0.05, 0) is 38.5 Å². The van der Waals surface area contributed by atoms with Crippen molar-refractivity contribution in [1.29, 1.82) is 0 Å². The minimum atomic E-state index is -0.883. The monoisotopic (exact) mass is 550 g/mol. The van der Waals surface area contributed by atoms with E-state index in [2.05, 4.69) is 19.1 Å². The summed E-state index contributed by atoms with van der Waals surface area (Å²) >= 11 is 0. The first-order chi connectivity index (χ1) is 19.1. The summed E-state index contributed by atoms with van der Waals surface area (Å²) in [6, 6.07) is 0. The van der Waals surface area contributed by atoms with Gasteiger partial charge >= 0.3 is 11.9 Å². The molecule has 0 amide bonds. The number of carboxylic acid groups (broad SMARTS) is 1. The second-order valence-electron chi connectivity index (χ2n) is 11.7. The molecule has 0 heterocycles. The molecular weight excluding hydrogens is 484 g/mol. The number of allylic oxidation sites excluding steroid dienone is 2. The van der Waals surface area contributed by atoms with Gasteiger partial charge in [0.15, 0.2) is 0 Å². The summed E-state index contributed by atoms with van der Waals surface area (Å²) in [5, 5.41) is 9.32. The number of hydrogen-bond donors (Lipinski definition) is 1. The Labute approximate surface area is 243 Å². The Bertz CT molecular complexity index is 557. The fraction of sp³-hybridized carbons (Fsp3) is 0.886. The predicted molar refractivity (Wildman–Crippen MR) is 167 cm³/mol. The first-order valence-corrected chi connectivity index (χ1v) is 17.1. The molecule has 0 saturated heterocycles. The normalized spacial score (nSPS) is 12.3. The van der Waals surface area contributed by atoms with Crippen LogP contribution in [0.15, 0.2) is 12.2 Å². The number of carboxylic acids is 1. The number of carbonyl (C=O) groups is 2. The maximum atomic E-state index is 11.7. The van der Waals surface area contributed by atoms with Crippen LogP contribution in [0.2, 0.25) is 0 Å². The van der Waals surface area contributed by atoms with Gasteiger partial charge in [-0.15, -0.1) is 0 Å². The van der Waals surface area contributed by atoms with Crippen molar-refractivity contribution in [1.82, 2.24) is 0 Å². The standard InChI is InChI=1S/C35H66O4/c1-3-5-6-7-8-9-10-11-12-13-14-15-16-17-18-19-20-21-22-23-24-25-26-27-28-29-30-33(35(37)38)32-34(36)39-31-4-2/h23-24,33H,3-22,25-32H2,1-2H3,(H,37,38)/b24-23+.